The van der Waals surface area contributed by atoms with Crippen LogP contribution >= 0.6 is 0 Å². The van der Waals surface area contributed by atoms with E-state index in [0.29, 0.717) is 28.3 Å². The molecule has 4 rings (SSSR count). The van der Waals surface area contributed by atoms with Crippen molar-refractivity contribution in [1.29, 1.82) is 0 Å². The van der Waals surface area contributed by atoms with Gasteiger partial charge in [-0.1, -0.05) is 41.6 Å². The Morgan fingerprint density at radius 3 is 2.59 bits per heavy atom. The van der Waals surface area contributed by atoms with Gasteiger partial charge in [-0.05, 0) is 60.5 Å². The molecule has 0 aliphatic rings. The van der Waals surface area contributed by atoms with E-state index >= 15 is 0 Å². The van der Waals surface area contributed by atoms with Gasteiger partial charge in [0.1, 0.15) is 0 Å². The summed E-state index contributed by atoms with van der Waals surface area (Å²) in [5, 5.41) is 6.59. The van der Waals surface area contributed by atoms with Crippen LogP contribution < -0.4 is 9.62 Å². The van der Waals surface area contributed by atoms with Crippen LogP contribution in [0.3, 0.4) is 0 Å². The average Bonchev–Trinajstić information content (AvgIpc) is 3.38. The van der Waals surface area contributed by atoms with Gasteiger partial charge >= 0.3 is 0 Å². The van der Waals surface area contributed by atoms with E-state index in [1.807, 2.05) is 19.1 Å². The van der Waals surface area contributed by atoms with E-state index in [9.17, 15) is 13.2 Å². The first-order chi connectivity index (χ1) is 16.3. The zero-order valence-corrected chi connectivity index (χ0v) is 19.4. The summed E-state index contributed by atoms with van der Waals surface area (Å²) in [6, 6.07) is 20.8. The first-order valence-electron chi connectivity index (χ1n) is 10.3. The smallest absolute Gasteiger partial charge is 0.264 e. The Bertz CT molecular complexity index is 1450. The number of para-hydroxylation sites is 1. The largest absolute Gasteiger partial charge is 0.342 e. The lowest BCUT2D eigenvalue weighted by Gasteiger charge is -2.20. The van der Waals surface area contributed by atoms with Crippen LogP contribution in [0.15, 0.2) is 94.7 Å². The lowest BCUT2D eigenvalue weighted by molar-refractivity contribution is -0.111. The molecule has 0 aliphatic heterocycles. The summed E-state index contributed by atoms with van der Waals surface area (Å²) >= 11 is 0. The molecule has 0 unspecified atom stereocenters. The lowest BCUT2D eigenvalue weighted by Crippen LogP contribution is -2.26. The fourth-order valence-corrected chi connectivity index (χ4v) is 4.56. The Kier molecular flexibility index (Phi) is 6.55. The molecule has 1 heterocycles. The number of aromatic nitrogens is 2. The van der Waals surface area contributed by atoms with E-state index in [1.165, 1.54) is 36.0 Å². The number of nitrogens with one attached hydrogen (secondary N) is 1. The van der Waals surface area contributed by atoms with E-state index < -0.39 is 10.0 Å². The number of amides is 1. The fraction of sp³-hybridized carbons (Fsp3) is 0.0800. The second kappa shape index (κ2) is 9.72. The van der Waals surface area contributed by atoms with Crippen LogP contribution in [0.5, 0.6) is 0 Å². The Balaban J connectivity index is 1.52. The van der Waals surface area contributed by atoms with Crippen LogP contribution in [0.25, 0.3) is 17.5 Å². The highest BCUT2D eigenvalue weighted by atomic mass is 32.2. The predicted molar refractivity (Wildman–Crippen MR) is 131 cm³/mol. The van der Waals surface area contributed by atoms with Crippen molar-refractivity contribution in [1.82, 2.24) is 10.1 Å². The van der Waals surface area contributed by atoms with Crippen molar-refractivity contribution >= 4 is 33.4 Å². The van der Waals surface area contributed by atoms with Crippen molar-refractivity contribution in [3.05, 3.63) is 96.4 Å². The molecule has 0 bridgehead atoms. The van der Waals surface area contributed by atoms with E-state index in [2.05, 4.69) is 15.5 Å². The fourth-order valence-electron chi connectivity index (χ4n) is 3.32. The quantitative estimate of drug-likeness (QED) is 0.395. The van der Waals surface area contributed by atoms with Gasteiger partial charge in [0, 0.05) is 18.7 Å². The third-order valence-corrected chi connectivity index (χ3v) is 6.88. The molecule has 1 N–H and O–H groups in total. The molecule has 3 aromatic carbocycles. The molecule has 0 fully saturated rings. The van der Waals surface area contributed by atoms with Crippen molar-refractivity contribution in [2.45, 2.75) is 11.8 Å². The molecule has 0 radical (unpaired) electrons. The summed E-state index contributed by atoms with van der Waals surface area (Å²) in [6.45, 7) is 1.90. The van der Waals surface area contributed by atoms with Gasteiger partial charge in [0.2, 0.25) is 18.1 Å². The number of nitrogens with zero attached hydrogens (tertiary/aromatic N) is 3. The van der Waals surface area contributed by atoms with Gasteiger partial charge in [-0.2, -0.15) is 4.98 Å². The van der Waals surface area contributed by atoms with Gasteiger partial charge in [-0.15, -0.1) is 0 Å². The number of rotatable bonds is 7. The SMILES string of the molecule is Cc1cccc(N(C)S(=O)(=O)c2cccc(/C=C/C(=O)Nc3ccccc3-c3ncon3)c2)c1. The van der Waals surface area contributed by atoms with Crippen molar-refractivity contribution in [3.8, 4) is 11.4 Å². The highest BCUT2D eigenvalue weighted by Gasteiger charge is 2.21. The normalized spacial score (nSPS) is 11.5. The molecule has 0 spiro atoms. The first-order valence-corrected chi connectivity index (χ1v) is 11.8. The average molecular weight is 475 g/mol. The standard InChI is InChI=1S/C25H22N4O4S/c1-18-7-5-9-20(15-18)29(2)34(31,32)21-10-6-8-19(16-21)13-14-24(30)27-23-12-4-3-11-22(23)25-26-17-33-28-25/h3-17H,1-2H3,(H,27,30)/b14-13+. The van der Waals surface area contributed by atoms with Crippen molar-refractivity contribution < 1.29 is 17.7 Å². The molecule has 0 saturated heterocycles. The Morgan fingerprint density at radius 2 is 1.82 bits per heavy atom. The van der Waals surface area contributed by atoms with E-state index in [1.54, 1.807) is 54.6 Å². The van der Waals surface area contributed by atoms with Gasteiger partial charge in [0.15, 0.2) is 0 Å². The molecule has 8 nitrogen and oxygen atoms in total. The molecule has 9 heteroatoms. The monoisotopic (exact) mass is 474 g/mol. The molecule has 1 amide bonds. The molecule has 34 heavy (non-hydrogen) atoms. The van der Waals surface area contributed by atoms with Crippen LogP contribution in [0.4, 0.5) is 11.4 Å². The summed E-state index contributed by atoms with van der Waals surface area (Å²) in [5.74, 6) is -0.0309. The number of aryl methyl sites for hydroxylation is 1. The van der Waals surface area contributed by atoms with E-state index in [0.717, 1.165) is 5.56 Å². The van der Waals surface area contributed by atoms with E-state index in [-0.39, 0.29) is 10.8 Å². The summed E-state index contributed by atoms with van der Waals surface area (Å²) in [5.41, 5.74) is 3.24. The van der Waals surface area contributed by atoms with Gasteiger partial charge < -0.3 is 9.84 Å². The molecule has 0 atom stereocenters. The van der Waals surface area contributed by atoms with Gasteiger partial charge in [-0.25, -0.2) is 8.42 Å². The molecule has 0 aliphatic carbocycles. The number of hydrogen-bond acceptors (Lipinski definition) is 6. The maximum absolute atomic E-state index is 13.1. The second-order valence-corrected chi connectivity index (χ2v) is 9.48. The minimum absolute atomic E-state index is 0.126. The maximum Gasteiger partial charge on any atom is 0.264 e. The highest BCUT2D eigenvalue weighted by molar-refractivity contribution is 7.92. The summed E-state index contributed by atoms with van der Waals surface area (Å²) in [7, 11) is -2.26. The molecule has 1 aromatic heterocycles. The number of sulfonamides is 1. The molecule has 4 aromatic rings. The first kappa shape index (κ1) is 22.9. The molecular weight excluding hydrogens is 452 g/mol. The number of carbonyl (C=O) groups is 1. The minimum Gasteiger partial charge on any atom is -0.342 e. The zero-order valence-electron chi connectivity index (χ0n) is 18.5. The third-order valence-electron chi connectivity index (χ3n) is 5.10. The van der Waals surface area contributed by atoms with Crippen molar-refractivity contribution in [2.24, 2.45) is 0 Å². The number of hydrogen-bond donors (Lipinski definition) is 1. The Hall–Kier alpha value is -4.24. The zero-order chi connectivity index (χ0) is 24.1. The number of benzene rings is 3. The Morgan fingerprint density at radius 1 is 1.03 bits per heavy atom. The highest BCUT2D eigenvalue weighted by Crippen LogP contribution is 2.25. The minimum atomic E-state index is -3.77. The number of anilines is 2. The molecule has 172 valence electrons. The predicted octanol–water partition coefficient (Wildman–Crippen LogP) is 4.52. The van der Waals surface area contributed by atoms with Gasteiger partial charge in [0.05, 0.1) is 16.3 Å². The topological polar surface area (TPSA) is 105 Å². The summed E-state index contributed by atoms with van der Waals surface area (Å²) < 4.78 is 32.3. The lowest BCUT2D eigenvalue weighted by atomic mass is 10.1. The van der Waals surface area contributed by atoms with Gasteiger partial charge in [0.25, 0.3) is 10.0 Å². The molecular formula is C25H22N4O4S. The van der Waals surface area contributed by atoms with Crippen LogP contribution in [0.1, 0.15) is 11.1 Å². The van der Waals surface area contributed by atoms with E-state index in [4.69, 9.17) is 4.52 Å². The third kappa shape index (κ3) is 5.05. The van der Waals surface area contributed by atoms with Crippen LogP contribution in [0, 0.1) is 6.92 Å². The molecule has 0 saturated carbocycles. The summed E-state index contributed by atoms with van der Waals surface area (Å²) in [4.78, 5) is 16.7. The van der Waals surface area contributed by atoms with Crippen molar-refractivity contribution in [2.75, 3.05) is 16.7 Å². The Labute approximate surface area is 197 Å². The van der Waals surface area contributed by atoms with Gasteiger partial charge in [-0.3, -0.25) is 9.10 Å². The van der Waals surface area contributed by atoms with Crippen molar-refractivity contribution in [3.63, 3.8) is 0 Å². The van der Waals surface area contributed by atoms with Crippen LogP contribution in [0.2, 0.25) is 0 Å². The summed E-state index contributed by atoms with van der Waals surface area (Å²) in [6.07, 6.45) is 4.10. The number of carbonyl (C=O) groups excluding carboxylic acids is 1. The second-order valence-electron chi connectivity index (χ2n) is 7.51. The van der Waals surface area contributed by atoms with Crippen LogP contribution in [-0.4, -0.2) is 31.5 Å². The van der Waals surface area contributed by atoms with Crippen LogP contribution in [-0.2, 0) is 14.8 Å². The maximum atomic E-state index is 13.1.